The Balaban J connectivity index is 0.00000364. The van der Waals surface area contributed by atoms with Crippen LogP contribution in [0.2, 0.25) is 5.02 Å². The summed E-state index contributed by atoms with van der Waals surface area (Å²) in [5, 5.41) is 9.85. The van der Waals surface area contributed by atoms with Gasteiger partial charge in [0.05, 0.1) is 6.26 Å². The van der Waals surface area contributed by atoms with Crippen LogP contribution in [0.3, 0.4) is 0 Å². The van der Waals surface area contributed by atoms with E-state index in [-0.39, 0.29) is 29.9 Å². The maximum Gasteiger partial charge on any atom is 0.226 e. The second-order valence-corrected chi connectivity index (χ2v) is 6.13. The summed E-state index contributed by atoms with van der Waals surface area (Å²) in [5.74, 6) is 1.51. The van der Waals surface area contributed by atoms with Crippen LogP contribution in [-0.2, 0) is 11.2 Å². The Hall–Kier alpha value is -1.74. The summed E-state index contributed by atoms with van der Waals surface area (Å²) in [7, 11) is 0. The molecule has 1 aromatic carbocycles. The standard InChI is InChI=1S/C19H25ClN4O2.HI/c1-3-21-19(22-11-9-15-6-5-13-26-15)23-12-10-18(25)24-17-8-4-7-16(20)14(17)2;/h4-8,13H,3,9-12H2,1-2H3,(H,24,25)(H2,21,22,23);1H. The van der Waals surface area contributed by atoms with E-state index in [9.17, 15) is 4.79 Å². The summed E-state index contributed by atoms with van der Waals surface area (Å²) in [6.45, 7) is 5.72. The molecule has 0 fully saturated rings. The zero-order chi connectivity index (χ0) is 18.8. The maximum absolute atomic E-state index is 12.1. The van der Waals surface area contributed by atoms with Crippen LogP contribution in [0.5, 0.6) is 0 Å². The van der Waals surface area contributed by atoms with Crippen LogP contribution < -0.4 is 16.0 Å². The zero-order valence-electron chi connectivity index (χ0n) is 15.5. The van der Waals surface area contributed by atoms with E-state index in [1.54, 1.807) is 12.3 Å². The molecule has 0 spiro atoms. The molecule has 2 aromatic rings. The molecule has 6 nitrogen and oxygen atoms in total. The summed E-state index contributed by atoms with van der Waals surface area (Å²) in [6.07, 6.45) is 2.72. The first-order valence-corrected chi connectivity index (χ1v) is 9.07. The number of benzene rings is 1. The predicted molar refractivity (Wildman–Crippen MR) is 121 cm³/mol. The first kappa shape index (κ1) is 23.3. The zero-order valence-corrected chi connectivity index (χ0v) is 18.6. The third-order valence-corrected chi connectivity index (χ3v) is 4.15. The summed E-state index contributed by atoms with van der Waals surface area (Å²) >= 11 is 6.07. The second-order valence-electron chi connectivity index (χ2n) is 5.73. The van der Waals surface area contributed by atoms with Crippen LogP contribution in [0.25, 0.3) is 0 Å². The summed E-state index contributed by atoms with van der Waals surface area (Å²) in [4.78, 5) is 16.6. The Morgan fingerprint density at radius 1 is 1.22 bits per heavy atom. The molecular formula is C19H26ClIN4O2. The van der Waals surface area contributed by atoms with Crippen molar-refractivity contribution in [3.63, 3.8) is 0 Å². The molecule has 1 aromatic heterocycles. The molecule has 148 valence electrons. The summed E-state index contributed by atoms with van der Waals surface area (Å²) < 4.78 is 5.29. The van der Waals surface area contributed by atoms with E-state index >= 15 is 0 Å². The molecule has 0 radical (unpaired) electrons. The fourth-order valence-corrected chi connectivity index (χ4v) is 2.50. The molecule has 0 aliphatic rings. The van der Waals surface area contributed by atoms with E-state index in [0.717, 1.165) is 30.0 Å². The lowest BCUT2D eigenvalue weighted by molar-refractivity contribution is -0.116. The van der Waals surface area contributed by atoms with Gasteiger partial charge in [-0.25, -0.2) is 0 Å². The van der Waals surface area contributed by atoms with E-state index in [0.29, 0.717) is 30.5 Å². The number of nitrogens with one attached hydrogen (secondary N) is 3. The van der Waals surface area contributed by atoms with Gasteiger partial charge in [-0.15, -0.1) is 24.0 Å². The fraction of sp³-hybridized carbons (Fsp3) is 0.368. The second kappa shape index (κ2) is 12.6. The van der Waals surface area contributed by atoms with Crippen molar-refractivity contribution in [2.45, 2.75) is 26.7 Å². The molecule has 0 saturated carbocycles. The number of nitrogens with zero attached hydrogens (tertiary/aromatic N) is 1. The van der Waals surface area contributed by atoms with Crippen molar-refractivity contribution >= 4 is 53.1 Å². The van der Waals surface area contributed by atoms with Crippen molar-refractivity contribution in [2.75, 3.05) is 25.0 Å². The molecular weight excluding hydrogens is 479 g/mol. The van der Waals surface area contributed by atoms with Gasteiger partial charge in [0.25, 0.3) is 0 Å². The highest BCUT2D eigenvalue weighted by atomic mass is 127. The third-order valence-electron chi connectivity index (χ3n) is 3.74. The molecule has 0 aliphatic carbocycles. The molecule has 0 atom stereocenters. The Bertz CT molecular complexity index is 735. The SMILES string of the molecule is CCNC(=NCCc1ccco1)NCCC(=O)Nc1cccc(Cl)c1C.I. The highest BCUT2D eigenvalue weighted by Gasteiger charge is 2.07. The van der Waals surface area contributed by atoms with Gasteiger partial charge in [-0.3, -0.25) is 9.79 Å². The molecule has 2 rings (SSSR count). The van der Waals surface area contributed by atoms with Crippen molar-refractivity contribution in [2.24, 2.45) is 4.99 Å². The number of amides is 1. The number of rotatable bonds is 8. The number of hydrogen-bond donors (Lipinski definition) is 3. The normalized spacial score (nSPS) is 10.9. The van der Waals surface area contributed by atoms with Crippen molar-refractivity contribution in [1.82, 2.24) is 10.6 Å². The lowest BCUT2D eigenvalue weighted by atomic mass is 10.2. The monoisotopic (exact) mass is 504 g/mol. The largest absolute Gasteiger partial charge is 0.469 e. The molecule has 3 N–H and O–H groups in total. The van der Waals surface area contributed by atoms with E-state index in [2.05, 4.69) is 20.9 Å². The summed E-state index contributed by atoms with van der Waals surface area (Å²) in [5.41, 5.74) is 1.60. The number of anilines is 1. The number of carbonyl (C=O) groups is 1. The number of furan rings is 1. The van der Waals surface area contributed by atoms with Crippen LogP contribution in [0.15, 0.2) is 46.0 Å². The highest BCUT2D eigenvalue weighted by Crippen LogP contribution is 2.22. The Morgan fingerprint density at radius 2 is 2.04 bits per heavy atom. The molecule has 1 heterocycles. The average molecular weight is 505 g/mol. The van der Waals surface area contributed by atoms with Crippen molar-refractivity contribution < 1.29 is 9.21 Å². The molecule has 0 saturated heterocycles. The molecule has 1 amide bonds. The first-order chi connectivity index (χ1) is 12.6. The molecule has 0 bridgehead atoms. The van der Waals surface area contributed by atoms with E-state index < -0.39 is 0 Å². The van der Waals surface area contributed by atoms with Gasteiger partial charge in [0.2, 0.25) is 5.91 Å². The van der Waals surface area contributed by atoms with Gasteiger partial charge in [-0.05, 0) is 43.7 Å². The van der Waals surface area contributed by atoms with E-state index in [1.807, 2.05) is 38.1 Å². The van der Waals surface area contributed by atoms with Gasteiger partial charge in [-0.1, -0.05) is 17.7 Å². The van der Waals surface area contributed by atoms with Gasteiger partial charge < -0.3 is 20.4 Å². The minimum absolute atomic E-state index is 0. The third kappa shape index (κ3) is 8.21. The smallest absolute Gasteiger partial charge is 0.226 e. The van der Waals surface area contributed by atoms with Crippen LogP contribution in [0.1, 0.15) is 24.7 Å². The Kier molecular flexibility index (Phi) is 10.9. The highest BCUT2D eigenvalue weighted by molar-refractivity contribution is 14.0. The average Bonchev–Trinajstić information content (AvgIpc) is 3.12. The fourth-order valence-electron chi connectivity index (χ4n) is 2.32. The number of guanidine groups is 1. The lowest BCUT2D eigenvalue weighted by Crippen LogP contribution is -2.38. The van der Waals surface area contributed by atoms with Crippen LogP contribution in [-0.4, -0.2) is 31.5 Å². The van der Waals surface area contributed by atoms with Crippen molar-refractivity contribution in [3.05, 3.63) is 52.9 Å². The molecule has 0 unspecified atom stereocenters. The predicted octanol–water partition coefficient (Wildman–Crippen LogP) is 3.99. The van der Waals surface area contributed by atoms with E-state index in [4.69, 9.17) is 16.0 Å². The van der Waals surface area contributed by atoms with Gasteiger partial charge in [0.15, 0.2) is 5.96 Å². The van der Waals surface area contributed by atoms with Gasteiger partial charge in [-0.2, -0.15) is 0 Å². The number of halogens is 2. The molecule has 27 heavy (non-hydrogen) atoms. The first-order valence-electron chi connectivity index (χ1n) is 8.69. The number of hydrogen-bond acceptors (Lipinski definition) is 3. The van der Waals surface area contributed by atoms with Crippen LogP contribution in [0, 0.1) is 6.92 Å². The van der Waals surface area contributed by atoms with Gasteiger partial charge in [0.1, 0.15) is 5.76 Å². The van der Waals surface area contributed by atoms with Crippen LogP contribution in [0.4, 0.5) is 5.69 Å². The Morgan fingerprint density at radius 3 is 2.74 bits per heavy atom. The number of carbonyl (C=O) groups excluding carboxylic acids is 1. The van der Waals surface area contributed by atoms with Crippen molar-refractivity contribution in [3.8, 4) is 0 Å². The minimum Gasteiger partial charge on any atom is -0.469 e. The molecule has 0 aliphatic heterocycles. The van der Waals surface area contributed by atoms with Crippen molar-refractivity contribution in [1.29, 1.82) is 0 Å². The summed E-state index contributed by atoms with van der Waals surface area (Å²) in [6, 6.07) is 9.25. The Labute approximate surface area is 182 Å². The van der Waals surface area contributed by atoms with Gasteiger partial charge >= 0.3 is 0 Å². The van der Waals surface area contributed by atoms with Crippen LogP contribution >= 0.6 is 35.6 Å². The maximum atomic E-state index is 12.1. The topological polar surface area (TPSA) is 78.7 Å². The van der Waals surface area contributed by atoms with Gasteiger partial charge in [0, 0.05) is 43.2 Å². The molecule has 8 heteroatoms. The number of aliphatic imine (C=N–C) groups is 1. The van der Waals surface area contributed by atoms with E-state index in [1.165, 1.54) is 0 Å². The minimum atomic E-state index is -0.0747. The lowest BCUT2D eigenvalue weighted by Gasteiger charge is -2.12. The quantitative estimate of drug-likeness (QED) is 0.289.